The maximum Gasteiger partial charge on any atom is 0.0696 e. The minimum atomic E-state index is -0.324. The number of hydrogen-bond donors (Lipinski definition) is 2. The van der Waals surface area contributed by atoms with Gasteiger partial charge in [-0.25, -0.2) is 0 Å². The first-order chi connectivity index (χ1) is 2.81. The minimum absolute atomic E-state index is 0.324. The van der Waals surface area contributed by atoms with E-state index in [0.717, 1.165) is 0 Å². The van der Waals surface area contributed by atoms with Crippen LogP contribution in [0.5, 0.6) is 0 Å². The Morgan fingerprint density at radius 1 is 1.83 bits per heavy atom. The molecule has 0 saturated heterocycles. The monoisotopic (exact) mass is 107 g/mol. The zero-order valence-corrected chi connectivity index (χ0v) is 4.75. The smallest absolute Gasteiger partial charge is 0.0696 e. The van der Waals surface area contributed by atoms with E-state index in [-0.39, 0.29) is 6.10 Å². The van der Waals surface area contributed by atoms with Gasteiger partial charge in [0.2, 0.25) is 0 Å². The van der Waals surface area contributed by atoms with Crippen molar-refractivity contribution in [2.45, 2.75) is 6.10 Å². The van der Waals surface area contributed by atoms with E-state index in [9.17, 15) is 0 Å². The van der Waals surface area contributed by atoms with Crippen molar-refractivity contribution in [3.8, 4) is 0 Å². The fourth-order valence-corrected chi connectivity index (χ4v) is 0.289. The highest BCUT2D eigenvalue weighted by atomic mass is 31.0. The molecular weight excluding hydrogens is 97.0 g/mol. The van der Waals surface area contributed by atoms with E-state index in [2.05, 4.69) is 9.24 Å². The normalized spacial score (nSPS) is 14.5. The Balaban J connectivity index is 2.75. The van der Waals surface area contributed by atoms with Crippen molar-refractivity contribution in [3.63, 3.8) is 0 Å². The second-order valence-corrected chi connectivity index (χ2v) is 1.60. The fraction of sp³-hybridized carbons (Fsp3) is 1.00. The van der Waals surface area contributed by atoms with Gasteiger partial charge in [0, 0.05) is 6.54 Å². The minimum Gasteiger partial charge on any atom is -0.391 e. The van der Waals surface area contributed by atoms with Crippen LogP contribution >= 0.6 is 9.24 Å². The van der Waals surface area contributed by atoms with Crippen molar-refractivity contribution < 1.29 is 5.11 Å². The Bertz CT molecular complexity index is 30.0. The third-order valence-corrected chi connectivity index (χ3v) is 1.09. The Morgan fingerprint density at radius 2 is 2.33 bits per heavy atom. The average molecular weight is 107 g/mol. The summed E-state index contributed by atoms with van der Waals surface area (Å²) in [7, 11) is 2.41. The molecule has 0 aliphatic rings. The predicted octanol–water partition coefficient (Wildman–Crippen LogP) is -0.819. The van der Waals surface area contributed by atoms with Gasteiger partial charge < -0.3 is 10.8 Å². The summed E-state index contributed by atoms with van der Waals surface area (Å²) < 4.78 is 0. The number of nitrogens with two attached hydrogens (primary N) is 1. The van der Waals surface area contributed by atoms with E-state index in [1.165, 1.54) is 0 Å². The molecule has 38 valence electrons. The number of hydrogen-bond acceptors (Lipinski definition) is 2. The summed E-state index contributed by atoms with van der Waals surface area (Å²) in [4.78, 5) is 0. The lowest BCUT2D eigenvalue weighted by atomic mass is 10.4. The lowest BCUT2D eigenvalue weighted by Gasteiger charge is -1.98. The fourth-order valence-electron chi connectivity index (χ4n) is 0.0962. The Hall–Kier alpha value is 0.350. The van der Waals surface area contributed by atoms with Gasteiger partial charge >= 0.3 is 0 Å². The predicted molar refractivity (Wildman–Crippen MR) is 29.6 cm³/mol. The summed E-state index contributed by atoms with van der Waals surface area (Å²) in [6.45, 7) is 0.365. The van der Waals surface area contributed by atoms with Crippen molar-refractivity contribution >= 4 is 9.24 Å². The molecule has 2 unspecified atom stereocenters. The first kappa shape index (κ1) is 6.35. The van der Waals surface area contributed by atoms with Gasteiger partial charge in [-0.1, -0.05) is 0 Å². The molecule has 3 heteroatoms. The summed E-state index contributed by atoms with van der Waals surface area (Å²) in [6, 6.07) is 0. The third kappa shape index (κ3) is 2.58. The zero-order chi connectivity index (χ0) is 4.99. The highest BCUT2D eigenvalue weighted by molar-refractivity contribution is 7.16. The van der Waals surface area contributed by atoms with Crippen LogP contribution in [0.3, 0.4) is 0 Å². The van der Waals surface area contributed by atoms with Crippen LogP contribution < -0.4 is 5.73 Å². The van der Waals surface area contributed by atoms with Crippen LogP contribution in [0.25, 0.3) is 0 Å². The molecule has 0 fully saturated rings. The quantitative estimate of drug-likeness (QED) is 0.453. The Kier molecular flexibility index (Phi) is 3.74. The van der Waals surface area contributed by atoms with Gasteiger partial charge in [-0.3, -0.25) is 0 Å². The molecule has 2 nitrogen and oxygen atoms in total. The molecule has 0 radical (unpaired) electrons. The van der Waals surface area contributed by atoms with Gasteiger partial charge in [-0.2, -0.15) is 0 Å². The lowest BCUT2D eigenvalue weighted by Crippen LogP contribution is -2.20. The van der Waals surface area contributed by atoms with Crippen molar-refractivity contribution in [1.82, 2.24) is 0 Å². The molecule has 0 heterocycles. The number of rotatable bonds is 2. The van der Waals surface area contributed by atoms with E-state index in [0.29, 0.717) is 12.7 Å². The van der Waals surface area contributed by atoms with Crippen LogP contribution in [0.2, 0.25) is 0 Å². The van der Waals surface area contributed by atoms with Gasteiger partial charge in [-0.15, -0.1) is 9.24 Å². The molecule has 3 N–H and O–H groups in total. The summed E-state index contributed by atoms with van der Waals surface area (Å²) in [5.41, 5.74) is 5.02. The molecule has 0 rings (SSSR count). The van der Waals surface area contributed by atoms with Crippen molar-refractivity contribution in [1.29, 1.82) is 0 Å². The largest absolute Gasteiger partial charge is 0.391 e. The van der Waals surface area contributed by atoms with Crippen molar-refractivity contribution in [2.24, 2.45) is 5.73 Å². The molecular formula is C3H10NOP. The second kappa shape index (κ2) is 3.54. The van der Waals surface area contributed by atoms with Crippen LogP contribution in [0.1, 0.15) is 0 Å². The number of aliphatic hydroxyl groups is 1. The lowest BCUT2D eigenvalue weighted by molar-refractivity contribution is 0.208. The van der Waals surface area contributed by atoms with E-state index < -0.39 is 0 Å². The van der Waals surface area contributed by atoms with Crippen LogP contribution in [0, 0.1) is 0 Å². The molecule has 0 aliphatic carbocycles. The topological polar surface area (TPSA) is 46.2 Å². The van der Waals surface area contributed by atoms with Crippen LogP contribution in [-0.2, 0) is 0 Å². The van der Waals surface area contributed by atoms with E-state index in [4.69, 9.17) is 10.8 Å². The van der Waals surface area contributed by atoms with Crippen LogP contribution in [-0.4, -0.2) is 23.9 Å². The Morgan fingerprint density at radius 3 is 2.33 bits per heavy atom. The summed E-state index contributed by atoms with van der Waals surface area (Å²) in [5, 5.41) is 8.52. The molecule has 0 aromatic heterocycles. The summed E-state index contributed by atoms with van der Waals surface area (Å²) in [6.07, 6.45) is 0.353. The van der Waals surface area contributed by atoms with Gasteiger partial charge in [-0.05, 0) is 6.16 Å². The highest BCUT2D eigenvalue weighted by Crippen LogP contribution is 1.84. The number of aliphatic hydroxyl groups excluding tert-OH is 1. The first-order valence-corrected chi connectivity index (χ1v) is 2.71. The van der Waals surface area contributed by atoms with Crippen LogP contribution in [0.4, 0.5) is 0 Å². The van der Waals surface area contributed by atoms with E-state index in [1.807, 2.05) is 0 Å². The molecule has 6 heavy (non-hydrogen) atoms. The average Bonchev–Trinajstić information content (AvgIpc) is 1.65. The zero-order valence-electron chi connectivity index (χ0n) is 3.59. The van der Waals surface area contributed by atoms with E-state index in [1.54, 1.807) is 0 Å². The molecule has 0 aromatic carbocycles. The molecule has 0 aromatic rings. The van der Waals surface area contributed by atoms with Gasteiger partial charge in [0.05, 0.1) is 6.10 Å². The molecule has 0 spiro atoms. The molecule has 0 bridgehead atoms. The van der Waals surface area contributed by atoms with E-state index >= 15 is 0 Å². The van der Waals surface area contributed by atoms with Gasteiger partial charge in [0.25, 0.3) is 0 Å². The molecule has 0 aliphatic heterocycles. The van der Waals surface area contributed by atoms with Crippen molar-refractivity contribution in [3.05, 3.63) is 0 Å². The maximum atomic E-state index is 8.52. The molecule has 0 saturated carbocycles. The maximum absolute atomic E-state index is 8.52. The SMILES string of the molecule is NCC(O)CP. The molecule has 0 amide bonds. The standard InChI is InChI=1S/C3H10NOP/c4-1-3(5)2-6/h3,5H,1-2,4,6H2. The van der Waals surface area contributed by atoms with Crippen molar-refractivity contribution in [2.75, 3.05) is 12.7 Å². The summed E-state index contributed by atoms with van der Waals surface area (Å²) >= 11 is 0. The third-order valence-electron chi connectivity index (χ3n) is 0.544. The van der Waals surface area contributed by atoms with Gasteiger partial charge in [0.1, 0.15) is 0 Å². The van der Waals surface area contributed by atoms with Crippen LogP contribution in [0.15, 0.2) is 0 Å². The highest BCUT2D eigenvalue weighted by Gasteiger charge is 1.91. The molecule has 2 atom stereocenters. The second-order valence-electron chi connectivity index (χ2n) is 1.13. The Labute approximate surface area is 39.9 Å². The first-order valence-electron chi connectivity index (χ1n) is 1.89. The van der Waals surface area contributed by atoms with Gasteiger partial charge in [0.15, 0.2) is 0 Å². The summed E-state index contributed by atoms with van der Waals surface area (Å²) in [5.74, 6) is 0.